The molecule has 0 spiro atoms. The number of fused-ring (bicyclic) bond motifs is 1. The lowest BCUT2D eigenvalue weighted by Gasteiger charge is -2.19. The first kappa shape index (κ1) is 17.4. The molecule has 1 aromatic heterocycles. The number of likely N-dealkylation sites (N-methyl/N-ethyl adjacent to an activating group) is 1. The van der Waals surface area contributed by atoms with Crippen LogP contribution in [-0.4, -0.2) is 47.4 Å². The zero-order chi connectivity index (χ0) is 16.7. The zero-order valence-corrected chi connectivity index (χ0v) is 14.2. The Hall–Kier alpha value is -1.98. The van der Waals surface area contributed by atoms with Gasteiger partial charge in [0, 0.05) is 13.1 Å². The van der Waals surface area contributed by atoms with Gasteiger partial charge in [0.25, 0.3) is 0 Å². The maximum atomic E-state index is 10.5. The second-order valence-corrected chi connectivity index (χ2v) is 5.48. The van der Waals surface area contributed by atoms with Gasteiger partial charge < -0.3 is 14.8 Å². The minimum absolute atomic E-state index is 0.743. The van der Waals surface area contributed by atoms with E-state index in [4.69, 9.17) is 4.98 Å². The summed E-state index contributed by atoms with van der Waals surface area (Å²) in [6, 6.07) is 6.15. The van der Waals surface area contributed by atoms with Gasteiger partial charge in [0.1, 0.15) is 12.1 Å². The smallest absolute Gasteiger partial charge is 0.142 e. The molecule has 1 heterocycles. The first-order valence-electron chi connectivity index (χ1n) is 8.21. The monoisotopic (exact) mass is 314 g/mol. The molecule has 1 N–H and O–H groups in total. The predicted octanol–water partition coefficient (Wildman–Crippen LogP) is 2.31. The van der Waals surface area contributed by atoms with Crippen LogP contribution in [-0.2, 0) is 17.9 Å². The molecule has 5 nitrogen and oxygen atoms in total. The van der Waals surface area contributed by atoms with Crippen molar-refractivity contribution in [1.82, 2.24) is 19.8 Å². The molecule has 5 heteroatoms. The Morgan fingerprint density at radius 2 is 2.09 bits per heavy atom. The molecular weight excluding hydrogens is 288 g/mol. The van der Waals surface area contributed by atoms with Crippen LogP contribution < -0.4 is 5.32 Å². The van der Waals surface area contributed by atoms with E-state index in [1.807, 2.05) is 19.2 Å². The van der Waals surface area contributed by atoms with Gasteiger partial charge in [-0.05, 0) is 43.9 Å². The largest absolute Gasteiger partial charge is 0.326 e. The van der Waals surface area contributed by atoms with Crippen molar-refractivity contribution in [3.63, 3.8) is 0 Å². The molecule has 0 radical (unpaired) electrons. The zero-order valence-electron chi connectivity index (χ0n) is 14.2. The van der Waals surface area contributed by atoms with E-state index >= 15 is 0 Å². The molecule has 0 atom stereocenters. The Kier molecular flexibility index (Phi) is 6.50. The molecule has 1 aromatic carbocycles. The Bertz CT molecular complexity index is 671. The molecule has 0 saturated carbocycles. The molecule has 0 aliphatic rings. The van der Waals surface area contributed by atoms with E-state index in [2.05, 4.69) is 34.7 Å². The molecule has 2 rings (SSSR count). The molecule has 2 aromatic rings. The van der Waals surface area contributed by atoms with E-state index in [0.717, 1.165) is 61.4 Å². The maximum absolute atomic E-state index is 10.5. The van der Waals surface area contributed by atoms with Gasteiger partial charge in [-0.3, -0.25) is 4.79 Å². The van der Waals surface area contributed by atoms with Crippen molar-refractivity contribution in [1.29, 1.82) is 0 Å². The maximum Gasteiger partial charge on any atom is 0.142 e. The SMILES string of the molecule is CCN(CC)CCn1c(CNC)nc2cc(/C=C/C=O)ccc21. The second kappa shape index (κ2) is 8.60. The highest BCUT2D eigenvalue weighted by Crippen LogP contribution is 2.19. The first-order chi connectivity index (χ1) is 11.2. The number of allylic oxidation sites excluding steroid dienone is 1. The number of carbonyl (C=O) groups is 1. The molecule has 0 bridgehead atoms. The quantitative estimate of drug-likeness (QED) is 0.570. The number of aromatic nitrogens is 2. The highest BCUT2D eigenvalue weighted by atomic mass is 16.1. The molecule has 0 saturated heterocycles. The van der Waals surface area contributed by atoms with Gasteiger partial charge >= 0.3 is 0 Å². The van der Waals surface area contributed by atoms with Crippen LogP contribution in [0.3, 0.4) is 0 Å². The summed E-state index contributed by atoms with van der Waals surface area (Å²) in [6.45, 7) is 9.19. The summed E-state index contributed by atoms with van der Waals surface area (Å²) in [7, 11) is 1.94. The lowest BCUT2D eigenvalue weighted by atomic mass is 10.2. The van der Waals surface area contributed by atoms with Crippen LogP contribution in [0.25, 0.3) is 17.1 Å². The van der Waals surface area contributed by atoms with Crippen molar-refractivity contribution in [2.75, 3.05) is 26.7 Å². The summed E-state index contributed by atoms with van der Waals surface area (Å²) in [6.07, 6.45) is 4.10. The summed E-state index contributed by atoms with van der Waals surface area (Å²) < 4.78 is 2.29. The molecule has 0 fully saturated rings. The lowest BCUT2D eigenvalue weighted by Crippen LogP contribution is -2.27. The second-order valence-electron chi connectivity index (χ2n) is 5.48. The van der Waals surface area contributed by atoms with Crippen molar-refractivity contribution in [2.24, 2.45) is 0 Å². The van der Waals surface area contributed by atoms with Crippen LogP contribution in [0.1, 0.15) is 25.2 Å². The number of benzene rings is 1. The number of aldehydes is 1. The summed E-state index contributed by atoms with van der Waals surface area (Å²) in [5.74, 6) is 1.05. The molecule has 0 unspecified atom stereocenters. The van der Waals surface area contributed by atoms with Crippen LogP contribution in [0.4, 0.5) is 0 Å². The van der Waals surface area contributed by atoms with E-state index in [-0.39, 0.29) is 0 Å². The Morgan fingerprint density at radius 1 is 1.30 bits per heavy atom. The number of rotatable bonds is 9. The van der Waals surface area contributed by atoms with E-state index in [9.17, 15) is 4.79 Å². The van der Waals surface area contributed by atoms with Gasteiger partial charge in [0.15, 0.2) is 0 Å². The van der Waals surface area contributed by atoms with Crippen LogP contribution in [0.15, 0.2) is 24.3 Å². The lowest BCUT2D eigenvalue weighted by molar-refractivity contribution is -0.104. The number of imidazole rings is 1. The molecule has 0 aliphatic carbocycles. The van der Waals surface area contributed by atoms with Gasteiger partial charge in [0.05, 0.1) is 17.6 Å². The fourth-order valence-corrected chi connectivity index (χ4v) is 2.77. The summed E-state index contributed by atoms with van der Waals surface area (Å²) in [4.78, 5) is 17.6. The van der Waals surface area contributed by atoms with E-state index < -0.39 is 0 Å². The highest BCUT2D eigenvalue weighted by Gasteiger charge is 2.11. The minimum atomic E-state index is 0.743. The van der Waals surface area contributed by atoms with Gasteiger partial charge in [-0.25, -0.2) is 4.98 Å². The average Bonchev–Trinajstić information content (AvgIpc) is 2.91. The Morgan fingerprint density at radius 3 is 2.74 bits per heavy atom. The molecule has 0 amide bonds. The normalized spacial score (nSPS) is 11.8. The Balaban J connectivity index is 2.34. The van der Waals surface area contributed by atoms with Gasteiger partial charge in [0.2, 0.25) is 0 Å². The van der Waals surface area contributed by atoms with Crippen molar-refractivity contribution in [3.8, 4) is 0 Å². The molecule has 0 aliphatic heterocycles. The third-order valence-electron chi connectivity index (χ3n) is 4.09. The minimum Gasteiger partial charge on any atom is -0.326 e. The number of hydrogen-bond donors (Lipinski definition) is 1. The van der Waals surface area contributed by atoms with Crippen LogP contribution in [0.2, 0.25) is 0 Å². The van der Waals surface area contributed by atoms with Crippen molar-refractivity contribution < 1.29 is 4.79 Å². The van der Waals surface area contributed by atoms with Crippen molar-refractivity contribution in [3.05, 3.63) is 35.7 Å². The number of hydrogen-bond acceptors (Lipinski definition) is 4. The molecule has 124 valence electrons. The number of carbonyl (C=O) groups excluding carboxylic acids is 1. The predicted molar refractivity (Wildman–Crippen MR) is 95.4 cm³/mol. The van der Waals surface area contributed by atoms with Gasteiger partial charge in [-0.1, -0.05) is 26.0 Å². The fraction of sp³-hybridized carbons (Fsp3) is 0.444. The topological polar surface area (TPSA) is 50.2 Å². The van der Waals surface area contributed by atoms with Crippen molar-refractivity contribution >= 4 is 23.4 Å². The Labute approximate surface area is 138 Å². The van der Waals surface area contributed by atoms with E-state index in [1.165, 1.54) is 6.08 Å². The summed E-state index contributed by atoms with van der Waals surface area (Å²) >= 11 is 0. The standard InChI is InChI=1S/C18H26N4O/c1-4-21(5-2)10-11-22-17-9-8-15(7-6-12-23)13-16(17)20-18(22)14-19-3/h6-9,12-13,19H,4-5,10-11,14H2,1-3H3/b7-6+. The van der Waals surface area contributed by atoms with E-state index in [1.54, 1.807) is 6.08 Å². The highest BCUT2D eigenvalue weighted by molar-refractivity contribution is 5.81. The fourth-order valence-electron chi connectivity index (χ4n) is 2.77. The van der Waals surface area contributed by atoms with Crippen LogP contribution in [0, 0.1) is 0 Å². The average molecular weight is 314 g/mol. The van der Waals surface area contributed by atoms with Gasteiger partial charge in [-0.15, -0.1) is 0 Å². The molecule has 23 heavy (non-hydrogen) atoms. The molecular formula is C18H26N4O. The van der Waals surface area contributed by atoms with Crippen molar-refractivity contribution in [2.45, 2.75) is 26.9 Å². The number of nitrogens with one attached hydrogen (secondary N) is 1. The summed E-state index contributed by atoms with van der Waals surface area (Å²) in [5, 5.41) is 3.19. The van der Waals surface area contributed by atoms with Crippen LogP contribution in [0.5, 0.6) is 0 Å². The first-order valence-corrected chi connectivity index (χ1v) is 8.21. The third-order valence-corrected chi connectivity index (χ3v) is 4.09. The third kappa shape index (κ3) is 4.27. The summed E-state index contributed by atoms with van der Waals surface area (Å²) in [5.41, 5.74) is 3.11. The van der Waals surface area contributed by atoms with Crippen LogP contribution >= 0.6 is 0 Å². The van der Waals surface area contributed by atoms with Gasteiger partial charge in [-0.2, -0.15) is 0 Å². The number of nitrogens with zero attached hydrogens (tertiary/aromatic N) is 3. The van der Waals surface area contributed by atoms with E-state index in [0.29, 0.717) is 0 Å².